The van der Waals surface area contributed by atoms with Gasteiger partial charge >= 0.3 is 0 Å². The summed E-state index contributed by atoms with van der Waals surface area (Å²) < 4.78 is 34.8. The molecule has 1 fully saturated rings. The van der Waals surface area contributed by atoms with Crippen LogP contribution in [0.3, 0.4) is 0 Å². The first-order valence-corrected chi connectivity index (χ1v) is 8.92. The lowest BCUT2D eigenvalue weighted by atomic mass is 10.0. The van der Waals surface area contributed by atoms with E-state index >= 15 is 0 Å². The summed E-state index contributed by atoms with van der Waals surface area (Å²) in [6.45, 7) is 1.55. The Labute approximate surface area is 136 Å². The van der Waals surface area contributed by atoms with E-state index in [9.17, 15) is 8.42 Å². The molecule has 0 aliphatic carbocycles. The minimum atomic E-state index is -3.62. The Hall–Kier alpha value is -1.80. The smallest absolute Gasteiger partial charge is 0.280 e. The van der Waals surface area contributed by atoms with Crippen molar-refractivity contribution in [3.63, 3.8) is 0 Å². The average molecular weight is 333 g/mol. The van der Waals surface area contributed by atoms with Gasteiger partial charge in [0.05, 0.1) is 24.9 Å². The molecule has 1 aromatic heterocycles. The van der Waals surface area contributed by atoms with Gasteiger partial charge in [0.1, 0.15) is 0 Å². The average Bonchev–Trinajstić information content (AvgIpc) is 2.62. The van der Waals surface area contributed by atoms with Gasteiger partial charge in [-0.2, -0.15) is 17.4 Å². The summed E-state index contributed by atoms with van der Waals surface area (Å²) in [5.74, 6) is 0. The summed E-state index contributed by atoms with van der Waals surface area (Å²) in [4.78, 5) is 4.31. The third kappa shape index (κ3) is 3.94. The predicted molar refractivity (Wildman–Crippen MR) is 87.0 cm³/mol. The lowest BCUT2D eigenvalue weighted by molar-refractivity contribution is 0.0724. The standard InChI is InChI=1S/C16H19N3O3S/c20-23(21,19-10-12-22-13-11-19)18-16(14-6-2-1-3-7-14)15-8-4-5-9-17-15/h1-9,16,18H,10-13H2. The monoisotopic (exact) mass is 333 g/mol. The SMILES string of the molecule is O=S(=O)(NC(c1ccccc1)c1ccccn1)N1CCOCC1. The van der Waals surface area contributed by atoms with Crippen LogP contribution in [0, 0.1) is 0 Å². The number of aromatic nitrogens is 1. The Morgan fingerprint density at radius 1 is 1.04 bits per heavy atom. The van der Waals surface area contributed by atoms with E-state index in [1.54, 1.807) is 6.20 Å². The lowest BCUT2D eigenvalue weighted by Gasteiger charge is -2.28. The van der Waals surface area contributed by atoms with Gasteiger partial charge in [-0.3, -0.25) is 4.98 Å². The number of hydrogen-bond donors (Lipinski definition) is 1. The highest BCUT2D eigenvalue weighted by Gasteiger charge is 2.28. The van der Waals surface area contributed by atoms with Gasteiger partial charge in [-0.05, 0) is 17.7 Å². The molecule has 0 radical (unpaired) electrons. The fourth-order valence-electron chi connectivity index (χ4n) is 2.50. The predicted octanol–water partition coefficient (Wildman–Crippen LogP) is 1.34. The van der Waals surface area contributed by atoms with Gasteiger partial charge in [0.2, 0.25) is 0 Å². The molecule has 0 bridgehead atoms. The van der Waals surface area contributed by atoms with Crippen LogP contribution in [0.15, 0.2) is 54.7 Å². The Kier molecular flexibility index (Phi) is 5.02. The molecule has 0 amide bonds. The number of pyridine rings is 1. The summed E-state index contributed by atoms with van der Waals surface area (Å²) in [5.41, 5.74) is 1.51. The second kappa shape index (κ2) is 7.18. The molecule has 1 N–H and O–H groups in total. The van der Waals surface area contributed by atoms with Crippen LogP contribution in [-0.4, -0.2) is 44.0 Å². The van der Waals surface area contributed by atoms with E-state index in [0.717, 1.165) is 5.56 Å². The topological polar surface area (TPSA) is 71.5 Å². The molecule has 0 spiro atoms. The molecule has 122 valence electrons. The Balaban J connectivity index is 1.90. The fraction of sp³-hybridized carbons (Fsp3) is 0.312. The van der Waals surface area contributed by atoms with Gasteiger partial charge in [-0.15, -0.1) is 0 Å². The van der Waals surface area contributed by atoms with E-state index in [1.165, 1.54) is 4.31 Å². The van der Waals surface area contributed by atoms with E-state index in [1.807, 2.05) is 48.5 Å². The van der Waals surface area contributed by atoms with Crippen LogP contribution >= 0.6 is 0 Å². The maximum Gasteiger partial charge on any atom is 0.280 e. The molecule has 1 unspecified atom stereocenters. The molecular weight excluding hydrogens is 314 g/mol. The van der Waals surface area contributed by atoms with Crippen molar-refractivity contribution in [2.75, 3.05) is 26.3 Å². The fourth-order valence-corrected chi connectivity index (χ4v) is 3.84. The first-order chi connectivity index (χ1) is 11.2. The molecule has 7 heteroatoms. The molecule has 23 heavy (non-hydrogen) atoms. The van der Waals surface area contributed by atoms with Gasteiger partial charge < -0.3 is 4.74 Å². The van der Waals surface area contributed by atoms with Crippen LogP contribution in [0.5, 0.6) is 0 Å². The zero-order chi connectivity index (χ0) is 16.1. The highest BCUT2D eigenvalue weighted by atomic mass is 32.2. The third-order valence-electron chi connectivity index (χ3n) is 3.69. The molecule has 1 aliphatic rings. The van der Waals surface area contributed by atoms with Crippen LogP contribution < -0.4 is 4.72 Å². The first-order valence-electron chi connectivity index (χ1n) is 7.48. The maximum absolute atomic E-state index is 12.7. The third-order valence-corrected chi connectivity index (χ3v) is 5.27. The molecule has 3 rings (SSSR count). The number of ether oxygens (including phenoxy) is 1. The van der Waals surface area contributed by atoms with Gasteiger partial charge in [0.15, 0.2) is 0 Å². The van der Waals surface area contributed by atoms with Crippen LogP contribution in [0.2, 0.25) is 0 Å². The Morgan fingerprint density at radius 2 is 1.74 bits per heavy atom. The number of hydrogen-bond acceptors (Lipinski definition) is 4. The largest absolute Gasteiger partial charge is 0.379 e. The Bertz CT molecular complexity index is 677. The second-order valence-corrected chi connectivity index (χ2v) is 6.93. The van der Waals surface area contributed by atoms with Crippen molar-refractivity contribution in [1.29, 1.82) is 0 Å². The van der Waals surface area contributed by atoms with Gasteiger partial charge in [0, 0.05) is 19.3 Å². The molecule has 2 aromatic rings. The van der Waals surface area contributed by atoms with Crippen molar-refractivity contribution in [2.24, 2.45) is 0 Å². The summed E-state index contributed by atoms with van der Waals surface area (Å²) in [7, 11) is -3.62. The zero-order valence-electron chi connectivity index (χ0n) is 12.6. The van der Waals surface area contributed by atoms with Gasteiger partial charge in [0.25, 0.3) is 10.2 Å². The van der Waals surface area contributed by atoms with Crippen LogP contribution in [0.25, 0.3) is 0 Å². The van der Waals surface area contributed by atoms with Gasteiger partial charge in [-0.25, -0.2) is 0 Å². The van der Waals surface area contributed by atoms with E-state index in [4.69, 9.17) is 4.74 Å². The minimum Gasteiger partial charge on any atom is -0.379 e. The van der Waals surface area contributed by atoms with Crippen molar-refractivity contribution < 1.29 is 13.2 Å². The summed E-state index contributed by atoms with van der Waals surface area (Å²) in [6, 6.07) is 14.4. The highest BCUT2D eigenvalue weighted by molar-refractivity contribution is 7.87. The van der Waals surface area contributed by atoms with E-state index < -0.39 is 16.3 Å². The normalized spacial score (nSPS) is 17.7. The molecule has 1 atom stereocenters. The molecular formula is C16H19N3O3S. The number of rotatable bonds is 5. The summed E-state index contributed by atoms with van der Waals surface area (Å²) >= 11 is 0. The lowest BCUT2D eigenvalue weighted by Crippen LogP contribution is -2.47. The second-order valence-electron chi connectivity index (χ2n) is 5.23. The molecule has 1 saturated heterocycles. The zero-order valence-corrected chi connectivity index (χ0v) is 13.4. The summed E-state index contributed by atoms with van der Waals surface area (Å²) in [6.07, 6.45) is 1.66. The van der Waals surface area contributed by atoms with Crippen LogP contribution in [-0.2, 0) is 14.9 Å². The van der Waals surface area contributed by atoms with Crippen molar-refractivity contribution in [2.45, 2.75) is 6.04 Å². The molecule has 1 aliphatic heterocycles. The molecule has 1 aromatic carbocycles. The number of benzene rings is 1. The van der Waals surface area contributed by atoms with Crippen molar-refractivity contribution in [3.05, 3.63) is 66.0 Å². The Morgan fingerprint density at radius 3 is 2.39 bits per heavy atom. The van der Waals surface area contributed by atoms with E-state index in [2.05, 4.69) is 9.71 Å². The molecule has 6 nitrogen and oxygen atoms in total. The maximum atomic E-state index is 12.7. The van der Waals surface area contributed by atoms with Crippen molar-refractivity contribution >= 4 is 10.2 Å². The number of nitrogens with zero attached hydrogens (tertiary/aromatic N) is 2. The number of nitrogens with one attached hydrogen (secondary N) is 1. The summed E-state index contributed by atoms with van der Waals surface area (Å²) in [5, 5.41) is 0. The van der Waals surface area contributed by atoms with E-state index in [0.29, 0.717) is 32.0 Å². The van der Waals surface area contributed by atoms with Crippen LogP contribution in [0.4, 0.5) is 0 Å². The highest BCUT2D eigenvalue weighted by Crippen LogP contribution is 2.22. The number of morpholine rings is 1. The molecule has 0 saturated carbocycles. The van der Waals surface area contributed by atoms with Crippen molar-refractivity contribution in [1.82, 2.24) is 14.0 Å². The quantitative estimate of drug-likeness (QED) is 0.896. The van der Waals surface area contributed by atoms with E-state index in [-0.39, 0.29) is 0 Å². The molecule has 2 heterocycles. The van der Waals surface area contributed by atoms with Gasteiger partial charge in [-0.1, -0.05) is 36.4 Å². The van der Waals surface area contributed by atoms with Crippen molar-refractivity contribution in [3.8, 4) is 0 Å². The van der Waals surface area contributed by atoms with Crippen LogP contribution in [0.1, 0.15) is 17.3 Å². The first kappa shape index (κ1) is 16.1. The minimum absolute atomic E-state index is 0.360.